The number of anilines is 1. The van der Waals surface area contributed by atoms with Crippen LogP contribution in [-0.2, 0) is 0 Å². The number of fused-ring (bicyclic) bond motifs is 1. The highest BCUT2D eigenvalue weighted by atomic mass is 16.5. The fourth-order valence-electron chi connectivity index (χ4n) is 2.34. The lowest BCUT2D eigenvalue weighted by Crippen LogP contribution is -2.33. The molecule has 1 atom stereocenters. The van der Waals surface area contributed by atoms with Crippen molar-refractivity contribution in [2.75, 3.05) is 24.6 Å². The fraction of sp³-hybridized carbons (Fsp3) is 0.625. The molecule has 3 heteroatoms. The molecule has 1 N–H and O–H groups in total. The number of aliphatic hydroxyl groups is 1. The molecule has 1 aliphatic heterocycles. The second kappa shape index (κ2) is 5.83. The van der Waals surface area contributed by atoms with Gasteiger partial charge >= 0.3 is 0 Å². The van der Waals surface area contributed by atoms with Gasteiger partial charge in [-0.25, -0.2) is 0 Å². The van der Waals surface area contributed by atoms with Gasteiger partial charge in [0.25, 0.3) is 0 Å². The van der Waals surface area contributed by atoms with Gasteiger partial charge < -0.3 is 14.7 Å². The van der Waals surface area contributed by atoms with Gasteiger partial charge in [-0.2, -0.15) is 0 Å². The van der Waals surface area contributed by atoms with E-state index in [2.05, 4.69) is 31.7 Å². The van der Waals surface area contributed by atoms with Gasteiger partial charge in [0.15, 0.2) is 0 Å². The molecular weight excluding hydrogens is 238 g/mol. The van der Waals surface area contributed by atoms with Gasteiger partial charge in [0.1, 0.15) is 5.75 Å². The molecule has 1 heterocycles. The first kappa shape index (κ1) is 14.2. The van der Waals surface area contributed by atoms with E-state index in [9.17, 15) is 5.11 Å². The van der Waals surface area contributed by atoms with Crippen molar-refractivity contribution in [2.45, 2.75) is 39.7 Å². The van der Waals surface area contributed by atoms with Crippen molar-refractivity contribution in [3.8, 4) is 5.75 Å². The minimum absolute atomic E-state index is 0.0537. The zero-order chi connectivity index (χ0) is 13.9. The quantitative estimate of drug-likeness (QED) is 0.909. The largest absolute Gasteiger partial charge is 0.491 e. The lowest BCUT2D eigenvalue weighted by Gasteiger charge is -2.30. The molecule has 1 aliphatic rings. The van der Waals surface area contributed by atoms with Crippen LogP contribution in [0.1, 0.15) is 33.6 Å². The van der Waals surface area contributed by atoms with Crippen LogP contribution in [0.3, 0.4) is 0 Å². The Labute approximate surface area is 116 Å². The molecule has 0 amide bonds. The molecule has 0 saturated heterocycles. The van der Waals surface area contributed by atoms with Crippen LogP contribution in [-0.4, -0.2) is 30.9 Å². The average molecular weight is 263 g/mol. The molecule has 3 nitrogen and oxygen atoms in total. The number of para-hydroxylation sites is 2. The van der Waals surface area contributed by atoms with E-state index in [0.29, 0.717) is 0 Å². The van der Waals surface area contributed by atoms with Gasteiger partial charge in [0.05, 0.1) is 18.4 Å². The summed E-state index contributed by atoms with van der Waals surface area (Å²) in [5, 5.41) is 10.2. The molecule has 1 aromatic carbocycles. The zero-order valence-electron chi connectivity index (χ0n) is 12.2. The number of aliphatic hydroxyl groups excluding tert-OH is 1. The van der Waals surface area contributed by atoms with Gasteiger partial charge in [-0.05, 0) is 30.4 Å². The Bertz CT molecular complexity index is 411. The molecule has 0 radical (unpaired) electrons. The molecule has 0 spiro atoms. The predicted octanol–water partition coefficient (Wildman–Crippen LogP) is 3.07. The molecule has 106 valence electrons. The minimum Gasteiger partial charge on any atom is -0.491 e. The Balaban J connectivity index is 2.04. The lowest BCUT2D eigenvalue weighted by molar-refractivity contribution is 0.0574. The second-order valence-electron chi connectivity index (χ2n) is 6.33. The minimum atomic E-state index is -0.274. The van der Waals surface area contributed by atoms with E-state index in [0.717, 1.165) is 44.0 Å². The predicted molar refractivity (Wildman–Crippen MR) is 78.8 cm³/mol. The van der Waals surface area contributed by atoms with Gasteiger partial charge in [0, 0.05) is 13.1 Å². The van der Waals surface area contributed by atoms with Gasteiger partial charge in [-0.3, -0.25) is 0 Å². The van der Waals surface area contributed by atoms with E-state index >= 15 is 0 Å². The van der Waals surface area contributed by atoms with E-state index in [1.165, 1.54) is 0 Å². The maximum absolute atomic E-state index is 10.2. The maximum atomic E-state index is 10.2. The molecule has 1 unspecified atom stereocenters. The van der Waals surface area contributed by atoms with Crippen molar-refractivity contribution in [3.05, 3.63) is 24.3 Å². The number of ether oxygens (including phenoxy) is 1. The number of nitrogens with zero attached hydrogens (tertiary/aromatic N) is 1. The Kier molecular flexibility index (Phi) is 4.35. The van der Waals surface area contributed by atoms with Gasteiger partial charge in [-0.1, -0.05) is 32.9 Å². The molecule has 19 heavy (non-hydrogen) atoms. The SMILES string of the molecule is CC(C)(C)C(O)CCN1CCCOc2ccccc21. The molecule has 0 aliphatic carbocycles. The number of benzene rings is 1. The van der Waals surface area contributed by atoms with E-state index in [1.807, 2.05) is 18.2 Å². The van der Waals surface area contributed by atoms with Crippen molar-refractivity contribution in [3.63, 3.8) is 0 Å². The highest BCUT2D eigenvalue weighted by molar-refractivity contribution is 5.58. The summed E-state index contributed by atoms with van der Waals surface area (Å²) in [6.07, 6.45) is 1.54. The topological polar surface area (TPSA) is 32.7 Å². The molecule has 0 aromatic heterocycles. The Hall–Kier alpha value is -1.22. The van der Waals surface area contributed by atoms with E-state index in [1.54, 1.807) is 0 Å². The van der Waals surface area contributed by atoms with Crippen molar-refractivity contribution < 1.29 is 9.84 Å². The first-order chi connectivity index (χ1) is 8.98. The molecular formula is C16H25NO2. The first-order valence-electron chi connectivity index (χ1n) is 7.13. The number of hydrogen-bond acceptors (Lipinski definition) is 3. The monoisotopic (exact) mass is 263 g/mol. The highest BCUT2D eigenvalue weighted by Gasteiger charge is 2.23. The molecule has 0 bridgehead atoms. The van der Waals surface area contributed by atoms with Crippen LogP contribution in [0.5, 0.6) is 5.75 Å². The smallest absolute Gasteiger partial charge is 0.142 e. The standard InChI is InChI=1S/C16H25NO2/c1-16(2,3)15(18)9-11-17-10-6-12-19-14-8-5-4-7-13(14)17/h4-5,7-8,15,18H,6,9-12H2,1-3H3. The van der Waals surface area contributed by atoms with Crippen molar-refractivity contribution >= 4 is 5.69 Å². The molecule has 2 rings (SSSR count). The highest BCUT2D eigenvalue weighted by Crippen LogP contribution is 2.31. The van der Waals surface area contributed by atoms with E-state index < -0.39 is 0 Å². The summed E-state index contributed by atoms with van der Waals surface area (Å²) in [4.78, 5) is 2.33. The molecule has 0 fully saturated rings. The van der Waals surface area contributed by atoms with Crippen molar-refractivity contribution in [1.29, 1.82) is 0 Å². The summed E-state index contributed by atoms with van der Waals surface area (Å²) in [7, 11) is 0. The van der Waals surface area contributed by atoms with Crippen LogP contribution < -0.4 is 9.64 Å². The first-order valence-corrected chi connectivity index (χ1v) is 7.13. The summed E-state index contributed by atoms with van der Waals surface area (Å²) >= 11 is 0. The Morgan fingerprint density at radius 1 is 1.32 bits per heavy atom. The fourth-order valence-corrected chi connectivity index (χ4v) is 2.34. The third kappa shape index (κ3) is 3.63. The maximum Gasteiger partial charge on any atom is 0.142 e. The van der Waals surface area contributed by atoms with Crippen LogP contribution in [0.15, 0.2) is 24.3 Å². The summed E-state index contributed by atoms with van der Waals surface area (Å²) in [6, 6.07) is 8.17. The second-order valence-corrected chi connectivity index (χ2v) is 6.33. The number of rotatable bonds is 3. The molecule has 0 saturated carbocycles. The van der Waals surface area contributed by atoms with E-state index in [4.69, 9.17) is 4.74 Å². The Morgan fingerprint density at radius 2 is 2.05 bits per heavy atom. The van der Waals surface area contributed by atoms with Crippen LogP contribution in [0.4, 0.5) is 5.69 Å². The lowest BCUT2D eigenvalue weighted by atomic mass is 9.87. The van der Waals surface area contributed by atoms with E-state index in [-0.39, 0.29) is 11.5 Å². The van der Waals surface area contributed by atoms with Gasteiger partial charge in [0.2, 0.25) is 0 Å². The van der Waals surface area contributed by atoms with Crippen LogP contribution >= 0.6 is 0 Å². The Morgan fingerprint density at radius 3 is 2.79 bits per heavy atom. The van der Waals surface area contributed by atoms with Gasteiger partial charge in [-0.15, -0.1) is 0 Å². The summed E-state index contributed by atoms with van der Waals surface area (Å²) in [6.45, 7) is 8.88. The average Bonchev–Trinajstić information content (AvgIpc) is 2.57. The zero-order valence-corrected chi connectivity index (χ0v) is 12.2. The summed E-state index contributed by atoms with van der Waals surface area (Å²) in [5.74, 6) is 0.963. The summed E-state index contributed by atoms with van der Waals surface area (Å²) < 4.78 is 5.75. The molecule has 1 aromatic rings. The van der Waals surface area contributed by atoms with Crippen LogP contribution in [0.25, 0.3) is 0 Å². The number of hydrogen-bond donors (Lipinski definition) is 1. The van der Waals surface area contributed by atoms with Crippen molar-refractivity contribution in [1.82, 2.24) is 0 Å². The third-order valence-electron chi connectivity index (χ3n) is 3.71. The van der Waals surface area contributed by atoms with Crippen LogP contribution in [0.2, 0.25) is 0 Å². The van der Waals surface area contributed by atoms with Crippen LogP contribution in [0, 0.1) is 5.41 Å². The third-order valence-corrected chi connectivity index (χ3v) is 3.71. The summed E-state index contributed by atoms with van der Waals surface area (Å²) in [5.41, 5.74) is 1.10. The normalized spacial score (nSPS) is 17.4. The van der Waals surface area contributed by atoms with Crippen molar-refractivity contribution in [2.24, 2.45) is 5.41 Å².